The average Bonchev–Trinajstić information content (AvgIpc) is 2.67. The summed E-state index contributed by atoms with van der Waals surface area (Å²) in [5.41, 5.74) is -1.37. The Kier molecular flexibility index (Phi) is 3.12. The third kappa shape index (κ3) is 2.77. The van der Waals surface area contributed by atoms with Crippen molar-refractivity contribution in [3.63, 3.8) is 0 Å². The number of amides is 1. The lowest BCUT2D eigenvalue weighted by molar-refractivity contribution is -0.142. The summed E-state index contributed by atoms with van der Waals surface area (Å²) in [4.78, 5) is 22.3. The lowest BCUT2D eigenvalue weighted by Crippen LogP contribution is -2.43. The fourth-order valence-corrected chi connectivity index (χ4v) is 2.99. The topological polar surface area (TPSA) is 86.6 Å². The van der Waals surface area contributed by atoms with E-state index >= 15 is 0 Å². The van der Waals surface area contributed by atoms with Gasteiger partial charge in [0.1, 0.15) is 0 Å². The van der Waals surface area contributed by atoms with Gasteiger partial charge in [-0.3, -0.25) is 9.59 Å². The molecule has 2 rings (SSSR count). The molecule has 2 aliphatic rings. The summed E-state index contributed by atoms with van der Waals surface area (Å²) < 4.78 is 0. The van der Waals surface area contributed by atoms with Gasteiger partial charge >= 0.3 is 5.97 Å². The van der Waals surface area contributed by atoms with Crippen LogP contribution in [0.4, 0.5) is 0 Å². The zero-order valence-corrected chi connectivity index (χ0v) is 9.98. The standard InChI is InChI=1S/C12H19NO4/c1-12(17,5-9(14)15)6-13-11(16)10-7-3-2-4-8(7)10/h7-8,10,17H,2-6H2,1H3,(H,13,16)(H,14,15). The van der Waals surface area contributed by atoms with Crippen molar-refractivity contribution in [2.75, 3.05) is 6.54 Å². The summed E-state index contributed by atoms with van der Waals surface area (Å²) in [5.74, 6) is 0.112. The van der Waals surface area contributed by atoms with Gasteiger partial charge in [0.25, 0.3) is 0 Å². The van der Waals surface area contributed by atoms with Gasteiger partial charge in [0.15, 0.2) is 0 Å². The van der Waals surface area contributed by atoms with Crippen LogP contribution in [-0.4, -0.2) is 34.2 Å². The van der Waals surface area contributed by atoms with Crippen LogP contribution in [0.2, 0.25) is 0 Å². The third-order valence-corrected chi connectivity index (χ3v) is 3.88. The normalized spacial score (nSPS) is 33.6. The number of carboxylic acid groups (broad SMARTS) is 1. The van der Waals surface area contributed by atoms with E-state index in [1.54, 1.807) is 0 Å². The van der Waals surface area contributed by atoms with Crippen LogP contribution >= 0.6 is 0 Å². The summed E-state index contributed by atoms with van der Waals surface area (Å²) >= 11 is 0. The highest BCUT2D eigenvalue weighted by Gasteiger charge is 2.56. The van der Waals surface area contributed by atoms with E-state index < -0.39 is 11.6 Å². The molecule has 0 saturated heterocycles. The molecular weight excluding hydrogens is 222 g/mol. The molecule has 3 N–H and O–H groups in total. The lowest BCUT2D eigenvalue weighted by atomic mass is 10.0. The molecule has 5 heteroatoms. The second-order valence-electron chi connectivity index (χ2n) is 5.57. The average molecular weight is 241 g/mol. The summed E-state index contributed by atoms with van der Waals surface area (Å²) in [6.45, 7) is 1.43. The van der Waals surface area contributed by atoms with Gasteiger partial charge in [-0.15, -0.1) is 0 Å². The number of hydrogen-bond acceptors (Lipinski definition) is 3. The lowest BCUT2D eigenvalue weighted by Gasteiger charge is -2.21. The summed E-state index contributed by atoms with van der Waals surface area (Å²) in [5, 5.41) is 21.0. The molecule has 0 heterocycles. The van der Waals surface area contributed by atoms with Gasteiger partial charge in [0, 0.05) is 12.5 Å². The van der Waals surface area contributed by atoms with E-state index in [1.807, 2.05) is 0 Å². The Bertz CT molecular complexity index is 329. The van der Waals surface area contributed by atoms with Crippen LogP contribution in [-0.2, 0) is 9.59 Å². The molecule has 17 heavy (non-hydrogen) atoms. The van der Waals surface area contributed by atoms with Crippen LogP contribution < -0.4 is 5.32 Å². The monoisotopic (exact) mass is 241 g/mol. The quantitative estimate of drug-likeness (QED) is 0.649. The van der Waals surface area contributed by atoms with E-state index in [-0.39, 0.29) is 24.8 Å². The molecule has 0 radical (unpaired) electrons. The highest BCUT2D eigenvalue weighted by molar-refractivity contribution is 5.82. The summed E-state index contributed by atoms with van der Waals surface area (Å²) in [6.07, 6.45) is 3.13. The second kappa shape index (κ2) is 4.29. The molecule has 96 valence electrons. The fraction of sp³-hybridized carbons (Fsp3) is 0.833. The molecule has 0 aromatic carbocycles. The Morgan fingerprint density at radius 3 is 2.47 bits per heavy atom. The first-order valence-electron chi connectivity index (χ1n) is 6.12. The van der Waals surface area contributed by atoms with Crippen molar-refractivity contribution < 1.29 is 19.8 Å². The van der Waals surface area contributed by atoms with E-state index in [0.717, 1.165) is 12.8 Å². The van der Waals surface area contributed by atoms with Crippen molar-refractivity contribution in [2.45, 2.75) is 38.2 Å². The SMILES string of the molecule is CC(O)(CNC(=O)C1C2CCCC21)CC(=O)O. The molecular formula is C12H19NO4. The Labute approximate surface area is 100 Å². The van der Waals surface area contributed by atoms with Crippen molar-refractivity contribution in [3.05, 3.63) is 0 Å². The number of hydrogen-bond donors (Lipinski definition) is 3. The van der Waals surface area contributed by atoms with Crippen LogP contribution in [0.15, 0.2) is 0 Å². The summed E-state index contributed by atoms with van der Waals surface area (Å²) in [7, 11) is 0. The second-order valence-corrected chi connectivity index (χ2v) is 5.57. The van der Waals surface area contributed by atoms with Gasteiger partial charge < -0.3 is 15.5 Å². The van der Waals surface area contributed by atoms with Crippen molar-refractivity contribution in [2.24, 2.45) is 17.8 Å². The largest absolute Gasteiger partial charge is 0.481 e. The van der Waals surface area contributed by atoms with Gasteiger partial charge in [-0.05, 0) is 31.6 Å². The highest BCUT2D eigenvalue weighted by atomic mass is 16.4. The number of rotatable bonds is 5. The van der Waals surface area contributed by atoms with Crippen molar-refractivity contribution >= 4 is 11.9 Å². The van der Waals surface area contributed by atoms with Crippen molar-refractivity contribution in [1.82, 2.24) is 5.32 Å². The number of aliphatic carboxylic acids is 1. The van der Waals surface area contributed by atoms with Gasteiger partial charge in [-0.2, -0.15) is 0 Å². The fourth-order valence-electron chi connectivity index (χ4n) is 2.99. The smallest absolute Gasteiger partial charge is 0.306 e. The van der Waals surface area contributed by atoms with Crippen LogP contribution in [0, 0.1) is 17.8 Å². The number of nitrogens with one attached hydrogen (secondary N) is 1. The first-order chi connectivity index (χ1) is 7.91. The number of carbonyl (C=O) groups is 2. The van der Waals surface area contributed by atoms with Gasteiger partial charge in [-0.1, -0.05) is 6.42 Å². The zero-order chi connectivity index (χ0) is 12.6. The maximum absolute atomic E-state index is 11.8. The minimum atomic E-state index is -1.37. The Hall–Kier alpha value is -1.10. The molecule has 3 atom stereocenters. The predicted molar refractivity (Wildman–Crippen MR) is 60.2 cm³/mol. The maximum Gasteiger partial charge on any atom is 0.306 e. The van der Waals surface area contributed by atoms with Crippen LogP contribution in [0.25, 0.3) is 0 Å². The first kappa shape index (κ1) is 12.4. The molecule has 0 aromatic heterocycles. The van der Waals surface area contributed by atoms with Gasteiger partial charge in [-0.25, -0.2) is 0 Å². The number of carbonyl (C=O) groups excluding carboxylic acids is 1. The van der Waals surface area contributed by atoms with Gasteiger partial charge in [0.2, 0.25) is 5.91 Å². The number of aliphatic hydroxyl groups is 1. The van der Waals surface area contributed by atoms with E-state index in [2.05, 4.69) is 5.32 Å². The van der Waals surface area contributed by atoms with E-state index in [9.17, 15) is 14.7 Å². The summed E-state index contributed by atoms with van der Waals surface area (Å²) in [6, 6.07) is 0. The Morgan fingerprint density at radius 2 is 1.94 bits per heavy atom. The van der Waals surface area contributed by atoms with Crippen LogP contribution in [0.1, 0.15) is 32.6 Å². The van der Waals surface area contributed by atoms with Gasteiger partial charge in [0.05, 0.1) is 12.0 Å². The molecule has 2 aliphatic carbocycles. The Morgan fingerprint density at radius 1 is 1.35 bits per heavy atom. The van der Waals surface area contributed by atoms with E-state index in [0.29, 0.717) is 11.8 Å². The molecule has 2 fully saturated rings. The zero-order valence-electron chi connectivity index (χ0n) is 9.98. The highest BCUT2D eigenvalue weighted by Crippen LogP contribution is 2.57. The maximum atomic E-state index is 11.8. The number of carboxylic acids is 1. The molecule has 0 aliphatic heterocycles. The van der Waals surface area contributed by atoms with Crippen LogP contribution in [0.3, 0.4) is 0 Å². The Balaban J connectivity index is 1.75. The molecule has 3 unspecified atom stereocenters. The minimum absolute atomic E-state index is 0.00801. The first-order valence-corrected chi connectivity index (χ1v) is 6.12. The van der Waals surface area contributed by atoms with Crippen molar-refractivity contribution in [1.29, 1.82) is 0 Å². The molecule has 1 amide bonds. The molecule has 5 nitrogen and oxygen atoms in total. The molecule has 2 saturated carbocycles. The van der Waals surface area contributed by atoms with Crippen molar-refractivity contribution in [3.8, 4) is 0 Å². The molecule has 0 bridgehead atoms. The minimum Gasteiger partial charge on any atom is -0.481 e. The molecule has 0 aromatic rings. The van der Waals surface area contributed by atoms with E-state index in [4.69, 9.17) is 5.11 Å². The van der Waals surface area contributed by atoms with Crippen LogP contribution in [0.5, 0.6) is 0 Å². The molecule has 0 spiro atoms. The third-order valence-electron chi connectivity index (χ3n) is 3.88. The van der Waals surface area contributed by atoms with E-state index in [1.165, 1.54) is 13.3 Å². The number of fused-ring (bicyclic) bond motifs is 1. The predicted octanol–water partition coefficient (Wildman–Crippen LogP) is 0.374.